The quantitative estimate of drug-likeness (QED) is 0.748. The summed E-state index contributed by atoms with van der Waals surface area (Å²) in [5.41, 5.74) is 1.02. The van der Waals surface area contributed by atoms with Crippen LogP contribution in [0.1, 0.15) is 63.4 Å². The molecule has 1 N–H and O–H groups in total. The smallest absolute Gasteiger partial charge is 0.243 e. The van der Waals surface area contributed by atoms with Crippen LogP contribution in [0.5, 0.6) is 0 Å². The number of carbonyl (C=O) groups excluding carboxylic acids is 1. The lowest BCUT2D eigenvalue weighted by molar-refractivity contribution is -0.122. The molecule has 3 aliphatic carbocycles. The lowest BCUT2D eigenvalue weighted by Crippen LogP contribution is -2.42. The van der Waals surface area contributed by atoms with Crippen molar-refractivity contribution in [2.75, 3.05) is 13.1 Å². The number of sulfonamides is 1. The lowest BCUT2D eigenvalue weighted by atomic mass is 9.79. The molecule has 1 aliphatic heterocycles. The number of amides is 1. The minimum absolute atomic E-state index is 0.145. The predicted molar refractivity (Wildman–Crippen MR) is 116 cm³/mol. The van der Waals surface area contributed by atoms with Gasteiger partial charge >= 0.3 is 0 Å². The molecule has 0 spiro atoms. The van der Waals surface area contributed by atoms with E-state index in [4.69, 9.17) is 0 Å². The number of nitrogens with one attached hydrogen (secondary N) is 1. The highest BCUT2D eigenvalue weighted by molar-refractivity contribution is 7.89. The second-order valence-electron chi connectivity index (χ2n) is 9.94. The fourth-order valence-corrected chi connectivity index (χ4v) is 8.37. The highest BCUT2D eigenvalue weighted by Crippen LogP contribution is 2.58. The van der Waals surface area contributed by atoms with Crippen molar-refractivity contribution in [1.29, 1.82) is 0 Å². The molecule has 5 unspecified atom stereocenters. The first-order chi connectivity index (χ1) is 14.5. The third kappa shape index (κ3) is 3.81. The van der Waals surface area contributed by atoms with Crippen molar-refractivity contribution in [3.63, 3.8) is 0 Å². The zero-order valence-corrected chi connectivity index (χ0v) is 18.6. The highest BCUT2D eigenvalue weighted by atomic mass is 32.2. The van der Waals surface area contributed by atoms with E-state index in [0.29, 0.717) is 42.8 Å². The summed E-state index contributed by atoms with van der Waals surface area (Å²) in [6.45, 7) is 1.24. The van der Waals surface area contributed by atoms with Gasteiger partial charge in [0, 0.05) is 25.6 Å². The monoisotopic (exact) mass is 430 g/mol. The molecule has 164 valence electrons. The van der Waals surface area contributed by atoms with Crippen LogP contribution in [0.3, 0.4) is 0 Å². The lowest BCUT2D eigenvalue weighted by Gasteiger charge is -2.32. The molecule has 5 atom stereocenters. The van der Waals surface area contributed by atoms with Crippen LogP contribution in [-0.4, -0.2) is 37.8 Å². The molecule has 1 aromatic rings. The van der Waals surface area contributed by atoms with Crippen LogP contribution in [0.4, 0.5) is 0 Å². The normalized spacial score (nSPS) is 33.5. The Kier molecular flexibility index (Phi) is 5.65. The Balaban J connectivity index is 1.13. The van der Waals surface area contributed by atoms with E-state index >= 15 is 0 Å². The summed E-state index contributed by atoms with van der Waals surface area (Å²) in [6.07, 6.45) is 10.8. The maximum absolute atomic E-state index is 12.8. The number of rotatable bonds is 6. The van der Waals surface area contributed by atoms with Gasteiger partial charge in [0.05, 0.1) is 4.90 Å². The topological polar surface area (TPSA) is 66.5 Å². The Bertz CT molecular complexity index is 876. The molecule has 30 heavy (non-hydrogen) atoms. The van der Waals surface area contributed by atoms with E-state index in [0.717, 1.165) is 42.6 Å². The van der Waals surface area contributed by atoms with Gasteiger partial charge in [-0.1, -0.05) is 25.0 Å². The zero-order valence-electron chi connectivity index (χ0n) is 17.8. The fraction of sp³-hybridized carbons (Fsp3) is 0.708. The van der Waals surface area contributed by atoms with Gasteiger partial charge in [-0.15, -0.1) is 0 Å². The summed E-state index contributed by atoms with van der Waals surface area (Å²) in [5.74, 6) is 3.52. The van der Waals surface area contributed by atoms with E-state index in [1.54, 1.807) is 16.4 Å². The van der Waals surface area contributed by atoms with E-state index in [-0.39, 0.29) is 5.91 Å². The van der Waals surface area contributed by atoms with Crippen molar-refractivity contribution < 1.29 is 13.2 Å². The molecular weight excluding hydrogens is 396 g/mol. The number of carbonyl (C=O) groups is 1. The second kappa shape index (κ2) is 8.27. The van der Waals surface area contributed by atoms with Crippen molar-refractivity contribution >= 4 is 15.9 Å². The van der Waals surface area contributed by atoms with E-state index in [9.17, 15) is 13.2 Å². The van der Waals surface area contributed by atoms with Crippen LogP contribution in [0.25, 0.3) is 0 Å². The maximum Gasteiger partial charge on any atom is 0.243 e. The number of aryl methyl sites for hydroxylation is 1. The van der Waals surface area contributed by atoms with Crippen LogP contribution >= 0.6 is 0 Å². The summed E-state index contributed by atoms with van der Waals surface area (Å²) in [4.78, 5) is 12.9. The summed E-state index contributed by atoms with van der Waals surface area (Å²) in [6, 6.07) is 7.52. The Morgan fingerprint density at radius 3 is 2.43 bits per heavy atom. The molecule has 6 heteroatoms. The fourth-order valence-electron chi connectivity index (χ4n) is 6.85. The summed E-state index contributed by atoms with van der Waals surface area (Å²) in [5, 5.41) is 3.33. The molecule has 1 heterocycles. The number of hydrogen-bond donors (Lipinski definition) is 1. The van der Waals surface area contributed by atoms with Gasteiger partial charge in [0.15, 0.2) is 0 Å². The van der Waals surface area contributed by atoms with Crippen molar-refractivity contribution in [1.82, 2.24) is 9.62 Å². The van der Waals surface area contributed by atoms with Gasteiger partial charge in [-0.05, 0) is 86.3 Å². The number of hydrogen-bond acceptors (Lipinski definition) is 3. The van der Waals surface area contributed by atoms with Gasteiger partial charge in [0.2, 0.25) is 15.9 Å². The maximum atomic E-state index is 12.8. The number of benzene rings is 1. The minimum Gasteiger partial charge on any atom is -0.353 e. The van der Waals surface area contributed by atoms with Crippen LogP contribution < -0.4 is 5.32 Å². The molecule has 0 aromatic heterocycles. The molecule has 4 aliphatic rings. The molecule has 4 fully saturated rings. The minimum atomic E-state index is -3.38. The van der Waals surface area contributed by atoms with Crippen molar-refractivity contribution in [2.45, 2.75) is 75.1 Å². The zero-order chi connectivity index (χ0) is 20.7. The first kappa shape index (κ1) is 20.5. The molecule has 0 radical (unpaired) electrons. The summed E-state index contributed by atoms with van der Waals surface area (Å²) >= 11 is 0. The van der Waals surface area contributed by atoms with Crippen LogP contribution in [0.2, 0.25) is 0 Å². The SMILES string of the molecule is O=C(CCc1ccc(S(=O)(=O)N2CCCCC2)cc1)NC1CC2CC1C1CCCC21. The predicted octanol–water partition coefficient (Wildman–Crippen LogP) is 3.73. The summed E-state index contributed by atoms with van der Waals surface area (Å²) < 4.78 is 27.1. The van der Waals surface area contributed by atoms with Crippen molar-refractivity contribution in [3.05, 3.63) is 29.8 Å². The highest BCUT2D eigenvalue weighted by Gasteiger charge is 2.53. The van der Waals surface area contributed by atoms with Gasteiger partial charge in [-0.25, -0.2) is 8.42 Å². The van der Waals surface area contributed by atoms with Gasteiger partial charge in [-0.3, -0.25) is 4.79 Å². The first-order valence-electron chi connectivity index (χ1n) is 11.9. The second-order valence-corrected chi connectivity index (χ2v) is 11.9. The van der Waals surface area contributed by atoms with Gasteiger partial charge in [0.1, 0.15) is 0 Å². The molecular formula is C24H34N2O3S. The molecule has 2 bridgehead atoms. The van der Waals surface area contributed by atoms with Crippen LogP contribution in [0.15, 0.2) is 29.2 Å². The average molecular weight is 431 g/mol. The van der Waals surface area contributed by atoms with Gasteiger partial charge in [0.25, 0.3) is 0 Å². The van der Waals surface area contributed by atoms with Gasteiger partial charge < -0.3 is 5.32 Å². The number of nitrogens with zero attached hydrogens (tertiary/aromatic N) is 1. The Morgan fingerprint density at radius 1 is 0.933 bits per heavy atom. The Hall–Kier alpha value is -1.40. The Labute approximate surface area is 180 Å². The standard InChI is InChI=1S/C24H34N2O3S/c27-24(25-23-16-18-15-22(23)21-6-4-5-20(18)21)12-9-17-7-10-19(11-8-17)30(28,29)26-13-2-1-3-14-26/h7-8,10-11,18,20-23H,1-6,9,12-16H2,(H,25,27). The van der Waals surface area contributed by atoms with E-state index in [2.05, 4.69) is 5.32 Å². The third-order valence-electron chi connectivity index (χ3n) is 8.29. The number of piperidine rings is 1. The van der Waals surface area contributed by atoms with E-state index in [1.807, 2.05) is 12.1 Å². The first-order valence-corrected chi connectivity index (χ1v) is 13.3. The molecule has 5 rings (SSSR count). The molecule has 1 saturated heterocycles. The average Bonchev–Trinajstić information content (AvgIpc) is 3.47. The Morgan fingerprint density at radius 2 is 1.67 bits per heavy atom. The third-order valence-corrected chi connectivity index (χ3v) is 10.2. The largest absolute Gasteiger partial charge is 0.353 e. The molecule has 1 aromatic carbocycles. The van der Waals surface area contributed by atoms with E-state index < -0.39 is 10.0 Å². The van der Waals surface area contributed by atoms with Crippen LogP contribution in [0, 0.1) is 23.7 Å². The van der Waals surface area contributed by atoms with E-state index in [1.165, 1.54) is 32.1 Å². The van der Waals surface area contributed by atoms with Crippen LogP contribution in [-0.2, 0) is 21.2 Å². The number of fused-ring (bicyclic) bond motifs is 5. The van der Waals surface area contributed by atoms with Crippen molar-refractivity contribution in [3.8, 4) is 0 Å². The molecule has 1 amide bonds. The molecule has 5 nitrogen and oxygen atoms in total. The molecule has 3 saturated carbocycles. The van der Waals surface area contributed by atoms with Crippen molar-refractivity contribution in [2.24, 2.45) is 23.7 Å². The van der Waals surface area contributed by atoms with Gasteiger partial charge in [-0.2, -0.15) is 4.31 Å². The summed E-state index contributed by atoms with van der Waals surface area (Å²) in [7, 11) is -3.38.